The third kappa shape index (κ3) is 2.89. The molecular weight excluding hydrogens is 332 g/mol. The minimum Gasteiger partial charge on any atom is -0.480 e. The van der Waals surface area contributed by atoms with E-state index >= 15 is 0 Å². The molecule has 2 fully saturated rings. The molecule has 9 heteroatoms. The van der Waals surface area contributed by atoms with Crippen LogP contribution in [0.4, 0.5) is 0 Å². The fourth-order valence-electron chi connectivity index (χ4n) is 3.89. The summed E-state index contributed by atoms with van der Waals surface area (Å²) in [4.78, 5) is 23.2. The van der Waals surface area contributed by atoms with Crippen LogP contribution in [0.25, 0.3) is 0 Å². The summed E-state index contributed by atoms with van der Waals surface area (Å²) in [5.74, 6) is -1.48. The average Bonchev–Trinajstić information content (AvgIpc) is 2.69. The van der Waals surface area contributed by atoms with Crippen LogP contribution in [0.3, 0.4) is 0 Å². The van der Waals surface area contributed by atoms with Gasteiger partial charge in [0, 0.05) is 18.4 Å². The Morgan fingerprint density at radius 1 is 1.50 bits per heavy atom. The van der Waals surface area contributed by atoms with E-state index in [4.69, 9.17) is 10.8 Å². The van der Waals surface area contributed by atoms with Gasteiger partial charge in [0.2, 0.25) is 10.0 Å². The molecule has 2 rings (SSSR count). The number of nitrogens with one attached hydrogen (secondary N) is 1. The molecule has 22 heavy (non-hydrogen) atoms. The van der Waals surface area contributed by atoms with Gasteiger partial charge in [-0.25, -0.2) is 8.42 Å². The molecule has 0 heterocycles. The van der Waals surface area contributed by atoms with E-state index in [1.54, 1.807) is 0 Å². The Bertz CT molecular complexity index is 577. The monoisotopic (exact) mass is 354 g/mol. The van der Waals surface area contributed by atoms with Crippen molar-refractivity contribution < 1.29 is 23.1 Å². The van der Waals surface area contributed by atoms with Gasteiger partial charge in [0.25, 0.3) is 0 Å². The summed E-state index contributed by atoms with van der Waals surface area (Å²) < 4.78 is 26.7. The highest BCUT2D eigenvalue weighted by molar-refractivity contribution is 7.89. The molecular formula is C13H23ClN2O5S. The molecule has 0 saturated heterocycles. The Morgan fingerprint density at radius 3 is 2.45 bits per heavy atom. The topological polar surface area (TPSA) is 127 Å². The molecule has 4 N–H and O–H groups in total. The fraction of sp³-hybridized carbons (Fsp3) is 0.846. The van der Waals surface area contributed by atoms with E-state index in [9.17, 15) is 18.0 Å². The number of halogens is 1. The Balaban J connectivity index is 0.00000242. The van der Waals surface area contributed by atoms with Gasteiger partial charge < -0.3 is 10.8 Å². The summed E-state index contributed by atoms with van der Waals surface area (Å²) in [7, 11) is -3.90. The zero-order chi connectivity index (χ0) is 16.1. The molecule has 0 radical (unpaired) electrons. The van der Waals surface area contributed by atoms with Crippen LogP contribution in [0.15, 0.2) is 0 Å². The van der Waals surface area contributed by atoms with Crippen molar-refractivity contribution in [3.05, 3.63) is 0 Å². The highest BCUT2D eigenvalue weighted by atomic mass is 35.5. The molecule has 0 spiro atoms. The number of nitrogens with two attached hydrogens (primary N) is 1. The molecule has 3 atom stereocenters. The number of carboxylic acids is 1. The SMILES string of the molecule is CC1(C)C2CCC1(CS(=O)(=O)N[C@@H](CN)C(=O)O)C(=O)C2.Cl. The van der Waals surface area contributed by atoms with E-state index < -0.39 is 27.4 Å². The van der Waals surface area contributed by atoms with Crippen molar-refractivity contribution in [2.45, 2.75) is 39.2 Å². The molecule has 0 aromatic carbocycles. The lowest BCUT2D eigenvalue weighted by Gasteiger charge is -2.36. The van der Waals surface area contributed by atoms with Crippen molar-refractivity contribution in [1.29, 1.82) is 0 Å². The highest BCUT2D eigenvalue weighted by Gasteiger charge is 2.65. The molecule has 0 aromatic rings. The number of rotatable bonds is 6. The lowest BCUT2D eigenvalue weighted by molar-refractivity contribution is -0.138. The summed E-state index contributed by atoms with van der Waals surface area (Å²) in [6.07, 6.45) is 1.81. The lowest BCUT2D eigenvalue weighted by Crippen LogP contribution is -2.51. The summed E-state index contributed by atoms with van der Waals surface area (Å²) in [5, 5.41) is 8.91. The van der Waals surface area contributed by atoms with Gasteiger partial charge >= 0.3 is 5.97 Å². The van der Waals surface area contributed by atoms with Crippen LogP contribution in [0.5, 0.6) is 0 Å². The minimum atomic E-state index is -3.90. The lowest BCUT2D eigenvalue weighted by atomic mass is 9.70. The van der Waals surface area contributed by atoms with Crippen LogP contribution in [-0.4, -0.2) is 43.6 Å². The predicted molar refractivity (Wildman–Crippen MR) is 83.2 cm³/mol. The van der Waals surface area contributed by atoms with E-state index in [0.29, 0.717) is 12.8 Å². The molecule has 2 unspecified atom stereocenters. The highest BCUT2D eigenvalue weighted by Crippen LogP contribution is 2.64. The standard InChI is InChI=1S/C13H22N2O5S.ClH/c1-12(2)8-3-4-13(12,10(16)5-8)7-21(19,20)15-9(6-14)11(17)18;/h8-9,15H,3-7,14H2,1-2H3,(H,17,18);1H/t8?,9-,13?;/m0./s1. The van der Waals surface area contributed by atoms with Crippen LogP contribution in [0.2, 0.25) is 0 Å². The number of carboxylic acid groups (broad SMARTS) is 1. The quantitative estimate of drug-likeness (QED) is 0.622. The molecule has 0 amide bonds. The van der Waals surface area contributed by atoms with Crippen molar-refractivity contribution in [3.8, 4) is 0 Å². The molecule has 0 aliphatic heterocycles. The van der Waals surface area contributed by atoms with Crippen LogP contribution in [-0.2, 0) is 19.6 Å². The van der Waals surface area contributed by atoms with Crippen molar-refractivity contribution in [3.63, 3.8) is 0 Å². The largest absolute Gasteiger partial charge is 0.480 e. The van der Waals surface area contributed by atoms with Gasteiger partial charge in [0.1, 0.15) is 11.8 Å². The number of hydrogen-bond acceptors (Lipinski definition) is 5. The van der Waals surface area contributed by atoms with E-state index in [0.717, 1.165) is 6.42 Å². The molecule has 0 aromatic heterocycles. The zero-order valence-corrected chi connectivity index (χ0v) is 14.3. The summed E-state index contributed by atoms with van der Waals surface area (Å²) in [5.41, 5.74) is 3.99. The Labute approximate surface area is 136 Å². The number of sulfonamides is 1. The Morgan fingerprint density at radius 2 is 2.09 bits per heavy atom. The Hall–Kier alpha value is -0.700. The van der Waals surface area contributed by atoms with Crippen molar-refractivity contribution in [2.75, 3.05) is 12.3 Å². The number of ketones is 1. The summed E-state index contributed by atoms with van der Waals surface area (Å²) >= 11 is 0. The first kappa shape index (κ1) is 19.3. The van der Waals surface area contributed by atoms with Crippen LogP contribution in [0, 0.1) is 16.7 Å². The van der Waals surface area contributed by atoms with E-state index in [1.807, 2.05) is 13.8 Å². The summed E-state index contributed by atoms with van der Waals surface area (Å²) in [6.45, 7) is 3.53. The van der Waals surface area contributed by atoms with Crippen LogP contribution < -0.4 is 10.5 Å². The first-order chi connectivity index (χ1) is 9.56. The maximum atomic E-state index is 12.3. The van der Waals surface area contributed by atoms with E-state index in [-0.39, 0.29) is 41.8 Å². The maximum Gasteiger partial charge on any atom is 0.323 e. The third-order valence-electron chi connectivity index (χ3n) is 5.43. The Kier molecular flexibility index (Phi) is 5.34. The van der Waals surface area contributed by atoms with Crippen molar-refractivity contribution in [2.24, 2.45) is 22.5 Å². The van der Waals surface area contributed by atoms with Gasteiger partial charge in [-0.3, -0.25) is 9.59 Å². The first-order valence-corrected chi connectivity index (χ1v) is 8.67. The normalized spacial score (nSPS) is 30.9. The third-order valence-corrected chi connectivity index (χ3v) is 6.95. The minimum absolute atomic E-state index is 0. The molecule has 2 saturated carbocycles. The van der Waals surface area contributed by atoms with Gasteiger partial charge in [-0.05, 0) is 24.2 Å². The van der Waals surface area contributed by atoms with Gasteiger partial charge in [-0.2, -0.15) is 4.72 Å². The molecule has 2 aliphatic carbocycles. The number of Topliss-reactive ketones (excluding diaryl/α,β-unsaturated/α-hetero) is 1. The number of aliphatic carboxylic acids is 1. The predicted octanol–water partition coefficient (Wildman–Crippen LogP) is 0.135. The van der Waals surface area contributed by atoms with E-state index in [1.165, 1.54) is 0 Å². The van der Waals surface area contributed by atoms with Gasteiger partial charge in [0.15, 0.2) is 0 Å². The van der Waals surface area contributed by atoms with Crippen LogP contribution in [0.1, 0.15) is 33.1 Å². The van der Waals surface area contributed by atoms with Crippen molar-refractivity contribution in [1.82, 2.24) is 4.72 Å². The number of fused-ring (bicyclic) bond motifs is 2. The second-order valence-corrected chi connectivity index (χ2v) is 8.42. The average molecular weight is 355 g/mol. The number of hydrogen-bond donors (Lipinski definition) is 3. The summed E-state index contributed by atoms with van der Waals surface area (Å²) in [6, 6.07) is -1.36. The molecule has 128 valence electrons. The van der Waals surface area contributed by atoms with Crippen LogP contribution >= 0.6 is 12.4 Å². The molecule has 2 bridgehead atoms. The number of carbonyl (C=O) groups excluding carboxylic acids is 1. The van der Waals surface area contributed by atoms with Gasteiger partial charge in [0.05, 0.1) is 5.75 Å². The van der Waals surface area contributed by atoms with E-state index in [2.05, 4.69) is 4.72 Å². The van der Waals surface area contributed by atoms with Crippen molar-refractivity contribution >= 4 is 34.2 Å². The second-order valence-electron chi connectivity index (χ2n) is 6.67. The molecule has 7 nitrogen and oxygen atoms in total. The second kappa shape index (κ2) is 6.07. The fourth-order valence-corrected chi connectivity index (χ4v) is 5.93. The first-order valence-electron chi connectivity index (χ1n) is 7.02. The number of carbonyl (C=O) groups is 2. The molecule has 2 aliphatic rings. The van der Waals surface area contributed by atoms with Gasteiger partial charge in [-0.15, -0.1) is 12.4 Å². The maximum absolute atomic E-state index is 12.3. The zero-order valence-electron chi connectivity index (χ0n) is 12.7. The van der Waals surface area contributed by atoms with Gasteiger partial charge in [-0.1, -0.05) is 13.8 Å². The smallest absolute Gasteiger partial charge is 0.323 e.